The third kappa shape index (κ3) is 3.27. The fourth-order valence-electron chi connectivity index (χ4n) is 1.49. The Balaban J connectivity index is 1.91. The first-order chi connectivity index (χ1) is 8.54. The second kappa shape index (κ2) is 5.45. The number of amides is 1. The van der Waals surface area contributed by atoms with Crippen LogP contribution in [0.25, 0.3) is 0 Å². The normalized spacial score (nSPS) is 12.3. The molecule has 3 N–H and O–H groups in total. The minimum absolute atomic E-state index is 0.0688. The van der Waals surface area contributed by atoms with Crippen molar-refractivity contribution in [3.05, 3.63) is 27.2 Å². The molecule has 18 heavy (non-hydrogen) atoms. The lowest BCUT2D eigenvalue weighted by atomic mass is 10.3. The van der Waals surface area contributed by atoms with E-state index in [4.69, 9.17) is 5.73 Å². The maximum absolute atomic E-state index is 11.8. The summed E-state index contributed by atoms with van der Waals surface area (Å²) < 4.78 is 0. The highest BCUT2D eigenvalue weighted by molar-refractivity contribution is 7.13. The number of hydrogen-bond acceptors (Lipinski definition) is 6. The Morgan fingerprint density at radius 2 is 2.22 bits per heavy atom. The Morgan fingerprint density at radius 3 is 2.78 bits per heavy atom. The molecular weight excluding hydrogens is 268 g/mol. The van der Waals surface area contributed by atoms with E-state index >= 15 is 0 Å². The largest absolute Gasteiger partial charge is 0.375 e. The van der Waals surface area contributed by atoms with Crippen molar-refractivity contribution in [2.24, 2.45) is 0 Å². The Labute approximate surface area is 113 Å². The van der Waals surface area contributed by atoms with E-state index in [0.29, 0.717) is 10.8 Å². The molecule has 2 aromatic heterocycles. The topological polar surface area (TPSA) is 80.9 Å². The summed E-state index contributed by atoms with van der Waals surface area (Å²) in [7, 11) is 0. The van der Waals surface area contributed by atoms with E-state index in [2.05, 4.69) is 15.3 Å². The predicted molar refractivity (Wildman–Crippen MR) is 73.6 cm³/mol. The summed E-state index contributed by atoms with van der Waals surface area (Å²) in [6, 6.07) is -0.0767. The smallest absolute Gasteiger partial charge is 0.226 e. The number of thiazole rings is 2. The van der Waals surface area contributed by atoms with Gasteiger partial charge in [-0.25, -0.2) is 9.97 Å². The highest BCUT2D eigenvalue weighted by Crippen LogP contribution is 2.17. The summed E-state index contributed by atoms with van der Waals surface area (Å²) in [6.07, 6.45) is 0.252. The van der Waals surface area contributed by atoms with Gasteiger partial charge in [-0.15, -0.1) is 22.7 Å². The average Bonchev–Trinajstić information content (AvgIpc) is 2.87. The third-order valence-corrected chi connectivity index (χ3v) is 4.16. The summed E-state index contributed by atoms with van der Waals surface area (Å²) in [5.74, 6) is -0.0688. The van der Waals surface area contributed by atoms with E-state index in [1.807, 2.05) is 19.2 Å². The van der Waals surface area contributed by atoms with Crippen LogP contribution in [0.1, 0.15) is 29.4 Å². The molecule has 5 nitrogen and oxygen atoms in total. The van der Waals surface area contributed by atoms with Gasteiger partial charge >= 0.3 is 0 Å². The SMILES string of the molecule is Cc1csc(C(C)NC(=O)Cc2csc(N)n2)n1. The van der Waals surface area contributed by atoms with Crippen molar-refractivity contribution in [1.29, 1.82) is 0 Å². The van der Waals surface area contributed by atoms with Crippen LogP contribution in [0.2, 0.25) is 0 Å². The van der Waals surface area contributed by atoms with Crippen LogP contribution in [0.5, 0.6) is 0 Å². The number of nitrogen functional groups attached to an aromatic ring is 1. The molecule has 2 rings (SSSR count). The van der Waals surface area contributed by atoms with Gasteiger partial charge in [-0.3, -0.25) is 4.79 Å². The standard InChI is InChI=1S/C11H14N4OS2/c1-6-4-17-10(13-6)7(2)14-9(16)3-8-5-18-11(12)15-8/h4-5,7H,3H2,1-2H3,(H2,12,15)(H,14,16). The van der Waals surface area contributed by atoms with Crippen molar-refractivity contribution in [2.75, 3.05) is 5.73 Å². The Morgan fingerprint density at radius 1 is 1.44 bits per heavy atom. The van der Waals surface area contributed by atoms with Gasteiger partial charge in [0.15, 0.2) is 5.13 Å². The Kier molecular flexibility index (Phi) is 3.93. The van der Waals surface area contributed by atoms with E-state index < -0.39 is 0 Å². The van der Waals surface area contributed by atoms with Crippen LogP contribution in [0.15, 0.2) is 10.8 Å². The van der Waals surface area contributed by atoms with Crippen LogP contribution in [0.4, 0.5) is 5.13 Å². The van der Waals surface area contributed by atoms with Gasteiger partial charge in [0.25, 0.3) is 0 Å². The molecular formula is C11H14N4OS2. The van der Waals surface area contributed by atoms with Crippen molar-refractivity contribution < 1.29 is 4.79 Å². The van der Waals surface area contributed by atoms with Gasteiger partial charge in [-0.2, -0.15) is 0 Å². The van der Waals surface area contributed by atoms with E-state index in [1.165, 1.54) is 11.3 Å². The van der Waals surface area contributed by atoms with Crippen LogP contribution in [-0.2, 0) is 11.2 Å². The summed E-state index contributed by atoms with van der Waals surface area (Å²) >= 11 is 2.89. The molecule has 1 atom stereocenters. The predicted octanol–water partition coefficient (Wildman–Crippen LogP) is 1.91. The lowest BCUT2D eigenvalue weighted by Crippen LogP contribution is -2.28. The second-order valence-electron chi connectivity index (χ2n) is 3.97. The quantitative estimate of drug-likeness (QED) is 0.897. The fraction of sp³-hybridized carbons (Fsp3) is 0.364. The van der Waals surface area contributed by atoms with Gasteiger partial charge in [-0.05, 0) is 13.8 Å². The van der Waals surface area contributed by atoms with E-state index in [1.54, 1.807) is 16.7 Å². The molecule has 2 aromatic rings. The molecule has 0 bridgehead atoms. The molecule has 0 aliphatic rings. The lowest BCUT2D eigenvalue weighted by molar-refractivity contribution is -0.121. The number of nitrogens with one attached hydrogen (secondary N) is 1. The summed E-state index contributed by atoms with van der Waals surface area (Å²) in [5, 5.41) is 8.07. The Bertz CT molecular complexity index is 549. The van der Waals surface area contributed by atoms with Gasteiger partial charge in [0.05, 0.1) is 18.2 Å². The molecule has 0 saturated heterocycles. The first-order valence-corrected chi connectivity index (χ1v) is 7.22. The lowest BCUT2D eigenvalue weighted by Gasteiger charge is -2.10. The molecule has 96 valence electrons. The summed E-state index contributed by atoms with van der Waals surface area (Å²) in [5.41, 5.74) is 7.20. The van der Waals surface area contributed by atoms with Gasteiger partial charge in [0.1, 0.15) is 5.01 Å². The van der Waals surface area contributed by atoms with Crippen LogP contribution >= 0.6 is 22.7 Å². The van der Waals surface area contributed by atoms with Gasteiger partial charge in [0.2, 0.25) is 5.91 Å². The molecule has 2 heterocycles. The average molecular weight is 282 g/mol. The molecule has 0 fully saturated rings. The highest BCUT2D eigenvalue weighted by Gasteiger charge is 2.13. The molecule has 1 amide bonds. The minimum Gasteiger partial charge on any atom is -0.375 e. The number of carbonyl (C=O) groups is 1. The molecule has 0 aromatic carbocycles. The minimum atomic E-state index is -0.0767. The third-order valence-electron chi connectivity index (χ3n) is 2.30. The number of nitrogens with zero attached hydrogens (tertiary/aromatic N) is 2. The van der Waals surface area contributed by atoms with Crippen LogP contribution in [0, 0.1) is 6.92 Å². The second-order valence-corrected chi connectivity index (χ2v) is 5.75. The number of nitrogens with two attached hydrogens (primary N) is 1. The fourth-order valence-corrected chi connectivity index (χ4v) is 2.86. The van der Waals surface area contributed by atoms with Crippen molar-refractivity contribution >= 4 is 33.7 Å². The number of aromatic nitrogens is 2. The van der Waals surface area contributed by atoms with E-state index in [0.717, 1.165) is 10.7 Å². The van der Waals surface area contributed by atoms with Gasteiger partial charge in [0, 0.05) is 16.5 Å². The Hall–Kier alpha value is -1.47. The number of anilines is 1. The summed E-state index contributed by atoms with van der Waals surface area (Å²) in [6.45, 7) is 3.86. The molecule has 0 aliphatic heterocycles. The zero-order chi connectivity index (χ0) is 13.1. The molecule has 0 radical (unpaired) electrons. The van der Waals surface area contributed by atoms with Crippen molar-refractivity contribution in [3.8, 4) is 0 Å². The van der Waals surface area contributed by atoms with Crippen molar-refractivity contribution in [3.63, 3.8) is 0 Å². The number of rotatable bonds is 4. The molecule has 0 spiro atoms. The van der Waals surface area contributed by atoms with Crippen molar-refractivity contribution in [1.82, 2.24) is 15.3 Å². The zero-order valence-electron chi connectivity index (χ0n) is 10.1. The maximum Gasteiger partial charge on any atom is 0.226 e. The molecule has 0 saturated carbocycles. The maximum atomic E-state index is 11.8. The van der Waals surface area contributed by atoms with Crippen LogP contribution in [-0.4, -0.2) is 15.9 Å². The van der Waals surface area contributed by atoms with E-state index in [-0.39, 0.29) is 18.4 Å². The number of aryl methyl sites for hydroxylation is 1. The first kappa shape index (κ1) is 13.0. The molecule has 7 heteroatoms. The van der Waals surface area contributed by atoms with Gasteiger partial charge < -0.3 is 11.1 Å². The van der Waals surface area contributed by atoms with Crippen LogP contribution < -0.4 is 11.1 Å². The first-order valence-electron chi connectivity index (χ1n) is 5.46. The van der Waals surface area contributed by atoms with Crippen molar-refractivity contribution in [2.45, 2.75) is 26.3 Å². The summed E-state index contributed by atoms with van der Waals surface area (Å²) in [4.78, 5) is 20.2. The molecule has 1 unspecified atom stereocenters. The zero-order valence-corrected chi connectivity index (χ0v) is 11.8. The molecule has 0 aliphatic carbocycles. The van der Waals surface area contributed by atoms with Crippen LogP contribution in [0.3, 0.4) is 0 Å². The number of hydrogen-bond donors (Lipinski definition) is 2. The highest BCUT2D eigenvalue weighted by atomic mass is 32.1. The van der Waals surface area contributed by atoms with Gasteiger partial charge in [-0.1, -0.05) is 0 Å². The number of carbonyl (C=O) groups excluding carboxylic acids is 1. The van der Waals surface area contributed by atoms with E-state index in [9.17, 15) is 4.79 Å². The monoisotopic (exact) mass is 282 g/mol.